The van der Waals surface area contributed by atoms with Gasteiger partial charge in [0.1, 0.15) is 11.5 Å². The number of halogens is 3. The van der Waals surface area contributed by atoms with Crippen molar-refractivity contribution < 1.29 is 37.0 Å². The van der Waals surface area contributed by atoms with Crippen LogP contribution in [0, 0.1) is 5.92 Å². The fraction of sp³-hybridized carbons (Fsp3) is 0.500. The molecule has 2 aromatic carbocycles. The standard InChI is InChI=1S/C32H37F3N2O5/c1-22(38)41-27-7-4-6-25(18-27)30-15-16-37(20-24-9-10-24)21-31(30,40-2)14-13-26(19-30)36-29(39)12-11-23-5-3-8-28(17-23)42-32(33,34)35/h3-8,11-12,17-18,24,26H,9-10,13-16,19-21H2,1-2H3,(H,36,39). The van der Waals surface area contributed by atoms with Crippen LogP contribution in [0.4, 0.5) is 13.2 Å². The Balaban J connectivity index is 1.36. The second kappa shape index (κ2) is 12.1. The van der Waals surface area contributed by atoms with E-state index in [1.807, 2.05) is 12.1 Å². The van der Waals surface area contributed by atoms with Crippen molar-refractivity contribution >= 4 is 18.0 Å². The molecule has 0 aromatic heterocycles. The van der Waals surface area contributed by atoms with E-state index < -0.39 is 23.3 Å². The molecule has 0 bridgehead atoms. The molecule has 2 aliphatic carbocycles. The average molecular weight is 587 g/mol. The number of nitrogens with one attached hydrogen (secondary N) is 1. The smallest absolute Gasteiger partial charge is 0.427 e. The van der Waals surface area contributed by atoms with E-state index in [4.69, 9.17) is 9.47 Å². The van der Waals surface area contributed by atoms with Gasteiger partial charge >= 0.3 is 12.3 Å². The summed E-state index contributed by atoms with van der Waals surface area (Å²) < 4.78 is 53.6. The number of carbonyl (C=O) groups is 2. The van der Waals surface area contributed by atoms with Crippen LogP contribution in [-0.4, -0.2) is 61.5 Å². The largest absolute Gasteiger partial charge is 0.573 e. The maximum atomic E-state index is 13.0. The van der Waals surface area contributed by atoms with Gasteiger partial charge in [0.2, 0.25) is 5.91 Å². The second-order valence-corrected chi connectivity index (χ2v) is 11.7. The van der Waals surface area contributed by atoms with Crippen molar-refractivity contribution in [2.45, 2.75) is 68.9 Å². The highest BCUT2D eigenvalue weighted by molar-refractivity contribution is 5.92. The summed E-state index contributed by atoms with van der Waals surface area (Å²) in [6.45, 7) is 4.12. The van der Waals surface area contributed by atoms with Gasteiger partial charge in [0.15, 0.2) is 0 Å². The Morgan fingerprint density at radius 2 is 1.83 bits per heavy atom. The summed E-state index contributed by atoms with van der Waals surface area (Å²) in [5, 5.41) is 3.12. The van der Waals surface area contributed by atoms with E-state index in [-0.39, 0.29) is 17.7 Å². The van der Waals surface area contributed by atoms with Crippen LogP contribution >= 0.6 is 0 Å². The predicted molar refractivity (Wildman–Crippen MR) is 151 cm³/mol. The second-order valence-electron chi connectivity index (χ2n) is 11.7. The number of rotatable bonds is 9. The molecular weight excluding hydrogens is 549 g/mol. The van der Waals surface area contributed by atoms with Crippen LogP contribution in [0.15, 0.2) is 54.6 Å². The van der Waals surface area contributed by atoms with Gasteiger partial charge < -0.3 is 24.4 Å². The van der Waals surface area contributed by atoms with Gasteiger partial charge in [-0.2, -0.15) is 0 Å². The predicted octanol–water partition coefficient (Wildman–Crippen LogP) is 5.63. The monoisotopic (exact) mass is 586 g/mol. The van der Waals surface area contributed by atoms with Gasteiger partial charge in [0.25, 0.3) is 0 Å². The van der Waals surface area contributed by atoms with Crippen LogP contribution < -0.4 is 14.8 Å². The minimum absolute atomic E-state index is 0.155. The molecule has 3 atom stereocenters. The Labute approximate surface area is 244 Å². The molecule has 5 rings (SSSR count). The topological polar surface area (TPSA) is 77.1 Å². The van der Waals surface area contributed by atoms with Gasteiger partial charge in [-0.1, -0.05) is 24.3 Å². The summed E-state index contributed by atoms with van der Waals surface area (Å²) in [6.07, 6.45) is 3.45. The molecule has 42 heavy (non-hydrogen) atoms. The number of hydrogen-bond donors (Lipinski definition) is 1. The maximum Gasteiger partial charge on any atom is 0.573 e. The molecule has 2 saturated carbocycles. The summed E-state index contributed by atoms with van der Waals surface area (Å²) in [6, 6.07) is 12.9. The molecule has 1 saturated heterocycles. The van der Waals surface area contributed by atoms with E-state index in [0.717, 1.165) is 44.0 Å². The first-order valence-electron chi connectivity index (χ1n) is 14.4. The fourth-order valence-corrected chi connectivity index (χ4v) is 6.80. The van der Waals surface area contributed by atoms with Crippen molar-refractivity contribution in [1.82, 2.24) is 10.2 Å². The zero-order valence-electron chi connectivity index (χ0n) is 23.9. The number of fused-ring (bicyclic) bond motifs is 1. The van der Waals surface area contributed by atoms with Crippen molar-refractivity contribution in [3.8, 4) is 11.5 Å². The number of piperidine rings is 1. The summed E-state index contributed by atoms with van der Waals surface area (Å²) >= 11 is 0. The first-order chi connectivity index (χ1) is 20.0. The van der Waals surface area contributed by atoms with Crippen molar-refractivity contribution in [3.63, 3.8) is 0 Å². The third-order valence-corrected chi connectivity index (χ3v) is 8.81. The lowest BCUT2D eigenvalue weighted by molar-refractivity contribution is -0.274. The molecule has 2 aromatic rings. The van der Waals surface area contributed by atoms with Crippen molar-refractivity contribution in [1.29, 1.82) is 0 Å². The molecule has 3 unspecified atom stereocenters. The van der Waals surface area contributed by atoms with Crippen LogP contribution in [0.3, 0.4) is 0 Å². The molecule has 3 aliphatic rings. The van der Waals surface area contributed by atoms with Crippen LogP contribution in [0.2, 0.25) is 0 Å². The Morgan fingerprint density at radius 3 is 2.55 bits per heavy atom. The Bertz CT molecular complexity index is 1330. The molecular formula is C32H37F3N2O5. The summed E-state index contributed by atoms with van der Waals surface area (Å²) in [4.78, 5) is 27.2. The lowest BCUT2D eigenvalue weighted by Crippen LogP contribution is -2.68. The van der Waals surface area contributed by atoms with E-state index in [2.05, 4.69) is 21.0 Å². The minimum atomic E-state index is -4.79. The number of methoxy groups -OCH3 is 1. The van der Waals surface area contributed by atoms with E-state index in [1.54, 1.807) is 19.2 Å². The Hall–Kier alpha value is -3.37. The van der Waals surface area contributed by atoms with E-state index in [0.29, 0.717) is 24.2 Å². The number of likely N-dealkylation sites (tertiary alicyclic amines) is 1. The van der Waals surface area contributed by atoms with Crippen LogP contribution in [-0.2, 0) is 19.7 Å². The maximum absolute atomic E-state index is 13.0. The molecule has 1 aliphatic heterocycles. The Morgan fingerprint density at radius 1 is 1.07 bits per heavy atom. The van der Waals surface area contributed by atoms with Gasteiger partial charge in [-0.15, -0.1) is 13.2 Å². The van der Waals surface area contributed by atoms with E-state index >= 15 is 0 Å². The number of alkyl halides is 3. The van der Waals surface area contributed by atoms with Crippen molar-refractivity contribution in [2.75, 3.05) is 26.7 Å². The first-order valence-corrected chi connectivity index (χ1v) is 14.4. The number of benzene rings is 2. The summed E-state index contributed by atoms with van der Waals surface area (Å²) in [5.74, 6) is 0.159. The van der Waals surface area contributed by atoms with Crippen LogP contribution in [0.1, 0.15) is 56.6 Å². The average Bonchev–Trinajstić information content (AvgIpc) is 3.75. The zero-order valence-corrected chi connectivity index (χ0v) is 23.9. The van der Waals surface area contributed by atoms with Crippen molar-refractivity contribution in [2.24, 2.45) is 5.92 Å². The number of ether oxygens (including phenoxy) is 3. The van der Waals surface area contributed by atoms with Crippen molar-refractivity contribution in [3.05, 3.63) is 65.7 Å². The highest BCUT2D eigenvalue weighted by Crippen LogP contribution is 2.54. The molecule has 1 N–H and O–H groups in total. The number of esters is 1. The summed E-state index contributed by atoms with van der Waals surface area (Å²) in [7, 11) is 1.77. The van der Waals surface area contributed by atoms with Gasteiger partial charge in [-0.05, 0) is 92.5 Å². The molecule has 7 nitrogen and oxygen atoms in total. The highest BCUT2D eigenvalue weighted by Gasteiger charge is 2.59. The number of carbonyl (C=O) groups excluding carboxylic acids is 2. The lowest BCUT2D eigenvalue weighted by Gasteiger charge is -2.60. The molecule has 10 heteroatoms. The molecule has 1 heterocycles. The van der Waals surface area contributed by atoms with Gasteiger partial charge in [-0.25, -0.2) is 0 Å². The minimum Gasteiger partial charge on any atom is -0.427 e. The quantitative estimate of drug-likeness (QED) is 0.233. The molecule has 3 fully saturated rings. The molecule has 226 valence electrons. The van der Waals surface area contributed by atoms with Gasteiger partial charge in [0, 0.05) is 44.7 Å². The van der Waals surface area contributed by atoms with E-state index in [9.17, 15) is 22.8 Å². The third-order valence-electron chi connectivity index (χ3n) is 8.81. The number of nitrogens with zero attached hydrogens (tertiary/aromatic N) is 1. The van der Waals surface area contributed by atoms with Crippen LogP contribution in [0.25, 0.3) is 6.08 Å². The van der Waals surface area contributed by atoms with Gasteiger partial charge in [0.05, 0.1) is 5.60 Å². The van der Waals surface area contributed by atoms with Crippen LogP contribution in [0.5, 0.6) is 11.5 Å². The fourth-order valence-electron chi connectivity index (χ4n) is 6.80. The molecule has 0 radical (unpaired) electrons. The van der Waals surface area contributed by atoms with Gasteiger partial charge in [-0.3, -0.25) is 9.59 Å². The zero-order chi connectivity index (χ0) is 30.0. The van der Waals surface area contributed by atoms with E-state index in [1.165, 1.54) is 50.1 Å². The number of hydrogen-bond acceptors (Lipinski definition) is 6. The normalized spacial score (nSPS) is 26.5. The summed E-state index contributed by atoms with van der Waals surface area (Å²) in [5.41, 5.74) is 0.521. The first kappa shape index (κ1) is 30.1. The third kappa shape index (κ3) is 6.98. The molecule has 0 spiro atoms. The number of amides is 1. The highest BCUT2D eigenvalue weighted by atomic mass is 19.4. The lowest BCUT2D eigenvalue weighted by atomic mass is 9.55. The SMILES string of the molecule is COC12CCC(NC(=O)C=Cc3cccc(OC(F)(F)F)c3)CC1(c1cccc(OC(C)=O)c1)CCN(CC1CC1)C2. The Kier molecular flexibility index (Phi) is 8.66. The molecule has 1 amide bonds.